The van der Waals surface area contributed by atoms with E-state index >= 15 is 0 Å². The fourth-order valence-electron chi connectivity index (χ4n) is 1.69. The second-order valence-electron chi connectivity index (χ2n) is 4.13. The first-order chi connectivity index (χ1) is 9.43. The van der Waals surface area contributed by atoms with Crippen LogP contribution in [0.5, 0.6) is 0 Å². The van der Waals surface area contributed by atoms with Gasteiger partial charge in [0.15, 0.2) is 0 Å². The minimum absolute atomic E-state index is 0.0897. The number of hydrogen-bond donors (Lipinski definition) is 0. The molecule has 0 unspecified atom stereocenters. The molecule has 0 aliphatic carbocycles. The Hall–Kier alpha value is -1.41. The predicted molar refractivity (Wildman–Crippen MR) is 78.1 cm³/mol. The van der Waals surface area contributed by atoms with E-state index in [4.69, 9.17) is 10.5 Å². The molecular formula is C13H14BrN3O2S. The van der Waals surface area contributed by atoms with Gasteiger partial charge < -0.3 is 0 Å². The highest BCUT2D eigenvalue weighted by Crippen LogP contribution is 2.24. The van der Waals surface area contributed by atoms with Crippen LogP contribution in [0.15, 0.2) is 27.6 Å². The molecule has 0 bridgehead atoms. The topological polar surface area (TPSA) is 85.0 Å². The van der Waals surface area contributed by atoms with E-state index in [1.165, 1.54) is 10.4 Å². The fourth-order valence-corrected chi connectivity index (χ4v) is 3.90. The Morgan fingerprint density at radius 2 is 1.75 bits per heavy atom. The number of nitrogens with zero attached hydrogens (tertiary/aromatic N) is 3. The molecule has 0 aliphatic heterocycles. The maximum absolute atomic E-state index is 12.6. The summed E-state index contributed by atoms with van der Waals surface area (Å²) in [4.78, 5) is 0.197. The number of nitriles is 2. The minimum Gasteiger partial charge on any atom is -0.207 e. The molecule has 0 N–H and O–H groups in total. The number of sulfonamides is 1. The van der Waals surface area contributed by atoms with E-state index in [9.17, 15) is 8.42 Å². The molecule has 0 fully saturated rings. The molecule has 20 heavy (non-hydrogen) atoms. The Kier molecular flexibility index (Phi) is 6.15. The zero-order valence-corrected chi connectivity index (χ0v) is 13.4. The first-order valence-corrected chi connectivity index (χ1v) is 8.17. The van der Waals surface area contributed by atoms with Gasteiger partial charge in [0.05, 0.1) is 17.0 Å². The van der Waals surface area contributed by atoms with Gasteiger partial charge in [-0.25, -0.2) is 8.42 Å². The van der Waals surface area contributed by atoms with Crippen molar-refractivity contribution in [2.45, 2.75) is 24.7 Å². The van der Waals surface area contributed by atoms with E-state index in [1.54, 1.807) is 19.1 Å². The Morgan fingerprint density at radius 1 is 1.20 bits per heavy atom. The largest absolute Gasteiger partial charge is 0.243 e. The second kappa shape index (κ2) is 7.39. The Bertz CT molecular complexity index is 641. The lowest BCUT2D eigenvalue weighted by atomic mass is 10.2. The molecule has 0 amide bonds. The first-order valence-electron chi connectivity index (χ1n) is 5.93. The number of halogens is 1. The smallest absolute Gasteiger partial charge is 0.207 e. The normalized spacial score (nSPS) is 11.1. The number of aryl methyl sites for hydroxylation is 1. The van der Waals surface area contributed by atoms with Crippen LogP contribution >= 0.6 is 15.9 Å². The van der Waals surface area contributed by atoms with E-state index in [0.717, 1.165) is 0 Å². The van der Waals surface area contributed by atoms with Crippen LogP contribution in [-0.4, -0.2) is 25.8 Å². The van der Waals surface area contributed by atoms with Crippen LogP contribution in [0, 0.1) is 29.6 Å². The summed E-state index contributed by atoms with van der Waals surface area (Å²) in [6, 6.07) is 8.87. The van der Waals surface area contributed by atoms with Gasteiger partial charge in [0.2, 0.25) is 10.0 Å². The van der Waals surface area contributed by atoms with Gasteiger partial charge in [-0.1, -0.05) is 22.0 Å². The Morgan fingerprint density at radius 3 is 2.25 bits per heavy atom. The van der Waals surface area contributed by atoms with Crippen molar-refractivity contribution >= 4 is 26.0 Å². The van der Waals surface area contributed by atoms with Gasteiger partial charge >= 0.3 is 0 Å². The maximum atomic E-state index is 12.6. The van der Waals surface area contributed by atoms with Gasteiger partial charge in [0, 0.05) is 30.4 Å². The van der Waals surface area contributed by atoms with Crippen molar-refractivity contribution in [3.63, 3.8) is 0 Å². The average molecular weight is 356 g/mol. The third kappa shape index (κ3) is 4.04. The summed E-state index contributed by atoms with van der Waals surface area (Å²) in [5.41, 5.74) is 0.632. The SMILES string of the molecule is Cc1ccc(Br)cc1S(=O)(=O)N(CCC#N)CCC#N. The zero-order chi connectivity index (χ0) is 15.2. The lowest BCUT2D eigenvalue weighted by molar-refractivity contribution is 0.424. The van der Waals surface area contributed by atoms with Crippen LogP contribution in [0.2, 0.25) is 0 Å². The van der Waals surface area contributed by atoms with E-state index in [2.05, 4.69) is 15.9 Å². The van der Waals surface area contributed by atoms with Crippen molar-refractivity contribution < 1.29 is 8.42 Å². The second-order valence-corrected chi connectivity index (χ2v) is 6.95. The molecule has 0 aromatic heterocycles. The van der Waals surface area contributed by atoms with Crippen LogP contribution in [-0.2, 0) is 10.0 Å². The molecule has 0 aliphatic rings. The number of rotatable bonds is 6. The molecule has 0 heterocycles. The standard InChI is InChI=1S/C13H14BrN3O2S/c1-11-4-5-12(14)10-13(11)20(18,19)17(8-2-6-15)9-3-7-16/h4-5,10H,2-3,8-9H2,1H3. The number of benzene rings is 1. The first kappa shape index (κ1) is 16.6. The van der Waals surface area contributed by atoms with Crippen LogP contribution < -0.4 is 0 Å². The van der Waals surface area contributed by atoms with E-state index in [1.807, 2.05) is 12.1 Å². The Labute approximate surface area is 127 Å². The van der Waals surface area contributed by atoms with Crippen molar-refractivity contribution in [1.29, 1.82) is 10.5 Å². The zero-order valence-electron chi connectivity index (χ0n) is 11.0. The molecule has 0 atom stereocenters. The highest BCUT2D eigenvalue weighted by Gasteiger charge is 2.25. The van der Waals surface area contributed by atoms with E-state index in [-0.39, 0.29) is 30.8 Å². The van der Waals surface area contributed by atoms with E-state index in [0.29, 0.717) is 10.0 Å². The van der Waals surface area contributed by atoms with E-state index < -0.39 is 10.0 Å². The van der Waals surface area contributed by atoms with Crippen molar-refractivity contribution in [3.05, 3.63) is 28.2 Å². The minimum atomic E-state index is -3.70. The molecule has 5 nitrogen and oxygen atoms in total. The quantitative estimate of drug-likeness (QED) is 0.784. The van der Waals surface area contributed by atoms with Crippen LogP contribution in [0.4, 0.5) is 0 Å². The van der Waals surface area contributed by atoms with Gasteiger partial charge in [0.1, 0.15) is 0 Å². The third-order valence-electron chi connectivity index (χ3n) is 2.71. The van der Waals surface area contributed by atoms with Gasteiger partial charge in [-0.3, -0.25) is 0 Å². The maximum Gasteiger partial charge on any atom is 0.243 e. The molecule has 0 saturated heterocycles. The molecule has 0 saturated carbocycles. The number of hydrogen-bond acceptors (Lipinski definition) is 4. The fraction of sp³-hybridized carbons (Fsp3) is 0.385. The summed E-state index contributed by atoms with van der Waals surface area (Å²) in [6.45, 7) is 1.89. The molecule has 7 heteroatoms. The van der Waals surface area contributed by atoms with Crippen LogP contribution in [0.3, 0.4) is 0 Å². The molecule has 1 rings (SSSR count). The molecule has 106 valence electrons. The molecule has 0 spiro atoms. The molecule has 0 radical (unpaired) electrons. The molecule has 1 aromatic rings. The summed E-state index contributed by atoms with van der Waals surface area (Å²) in [7, 11) is -3.70. The van der Waals surface area contributed by atoms with Crippen molar-refractivity contribution in [3.8, 4) is 12.1 Å². The highest BCUT2D eigenvalue weighted by atomic mass is 79.9. The van der Waals surface area contributed by atoms with Gasteiger partial charge in [-0.2, -0.15) is 14.8 Å². The summed E-state index contributed by atoms with van der Waals surface area (Å²) < 4.78 is 27.1. The van der Waals surface area contributed by atoms with Crippen LogP contribution in [0.1, 0.15) is 18.4 Å². The van der Waals surface area contributed by atoms with Gasteiger partial charge in [0.25, 0.3) is 0 Å². The Balaban J connectivity index is 3.18. The van der Waals surface area contributed by atoms with Gasteiger partial charge in [-0.05, 0) is 24.6 Å². The predicted octanol–water partition coefficient (Wildman–Crippen LogP) is 2.58. The van der Waals surface area contributed by atoms with Crippen molar-refractivity contribution in [1.82, 2.24) is 4.31 Å². The van der Waals surface area contributed by atoms with Gasteiger partial charge in [-0.15, -0.1) is 0 Å². The summed E-state index contributed by atoms with van der Waals surface area (Å²) >= 11 is 3.26. The summed E-state index contributed by atoms with van der Waals surface area (Å²) in [5.74, 6) is 0. The van der Waals surface area contributed by atoms with Crippen molar-refractivity contribution in [2.24, 2.45) is 0 Å². The lowest BCUT2D eigenvalue weighted by Gasteiger charge is -2.21. The molecular weight excluding hydrogens is 342 g/mol. The summed E-state index contributed by atoms with van der Waals surface area (Å²) in [6.07, 6.45) is 0.190. The monoisotopic (exact) mass is 355 g/mol. The lowest BCUT2D eigenvalue weighted by Crippen LogP contribution is -2.33. The van der Waals surface area contributed by atoms with Crippen molar-refractivity contribution in [2.75, 3.05) is 13.1 Å². The molecule has 1 aromatic carbocycles. The summed E-state index contributed by atoms with van der Waals surface area (Å²) in [5, 5.41) is 17.3. The highest BCUT2D eigenvalue weighted by molar-refractivity contribution is 9.10. The average Bonchev–Trinajstić information content (AvgIpc) is 2.41. The third-order valence-corrected chi connectivity index (χ3v) is 5.25. The van der Waals surface area contributed by atoms with Crippen LogP contribution in [0.25, 0.3) is 0 Å².